The van der Waals surface area contributed by atoms with Gasteiger partial charge in [0.15, 0.2) is 0 Å². The van der Waals surface area contributed by atoms with Crippen LogP contribution in [-0.2, 0) is 4.74 Å². The molecule has 1 N–H and O–H groups in total. The lowest BCUT2D eigenvalue weighted by atomic mass is 10.2. The van der Waals surface area contributed by atoms with Crippen molar-refractivity contribution in [2.24, 2.45) is 0 Å². The van der Waals surface area contributed by atoms with Crippen molar-refractivity contribution >= 4 is 0 Å². The summed E-state index contributed by atoms with van der Waals surface area (Å²) < 4.78 is 5.55. The first kappa shape index (κ1) is 14.9. The van der Waals surface area contributed by atoms with Gasteiger partial charge >= 0.3 is 0 Å². The van der Waals surface area contributed by atoms with E-state index in [1.54, 1.807) is 0 Å². The lowest BCUT2D eigenvalue weighted by molar-refractivity contribution is 0.0554. The van der Waals surface area contributed by atoms with Gasteiger partial charge < -0.3 is 10.1 Å². The van der Waals surface area contributed by atoms with Crippen molar-refractivity contribution < 1.29 is 4.74 Å². The molecule has 0 aromatic carbocycles. The molecule has 0 aliphatic rings. The van der Waals surface area contributed by atoms with Gasteiger partial charge in [0, 0.05) is 19.1 Å². The van der Waals surface area contributed by atoms with Gasteiger partial charge in [-0.15, -0.1) is 0 Å². The van der Waals surface area contributed by atoms with Gasteiger partial charge in [-0.1, -0.05) is 13.8 Å². The average molecular weight is 216 g/mol. The van der Waals surface area contributed by atoms with E-state index in [1.807, 2.05) is 0 Å². The molecule has 0 heterocycles. The largest absolute Gasteiger partial charge is 0.377 e. The van der Waals surface area contributed by atoms with Crippen LogP contribution in [0.3, 0.4) is 0 Å². The molecular weight excluding hydrogens is 188 g/mol. The van der Waals surface area contributed by atoms with Gasteiger partial charge in [-0.05, 0) is 33.9 Å². The average Bonchev–Trinajstić information content (AvgIpc) is 2.18. The number of likely N-dealkylation sites (N-methyl/N-ethyl adjacent to an activating group) is 2. The second-order valence-corrected chi connectivity index (χ2v) is 4.27. The normalized spacial score (nSPS) is 13.8. The van der Waals surface area contributed by atoms with Gasteiger partial charge in [0.2, 0.25) is 0 Å². The summed E-state index contributed by atoms with van der Waals surface area (Å²) >= 11 is 0. The predicted molar refractivity (Wildman–Crippen MR) is 66.3 cm³/mol. The first-order valence-corrected chi connectivity index (χ1v) is 6.14. The summed E-state index contributed by atoms with van der Waals surface area (Å²) in [4.78, 5) is 2.38. The van der Waals surface area contributed by atoms with Crippen LogP contribution < -0.4 is 5.32 Å². The van der Waals surface area contributed by atoms with Gasteiger partial charge in [0.05, 0.1) is 12.7 Å². The van der Waals surface area contributed by atoms with E-state index in [0.29, 0.717) is 12.1 Å². The second kappa shape index (κ2) is 9.13. The lowest BCUT2D eigenvalue weighted by Gasteiger charge is -2.27. The van der Waals surface area contributed by atoms with Crippen molar-refractivity contribution in [1.29, 1.82) is 0 Å². The Kier molecular flexibility index (Phi) is 9.06. The second-order valence-electron chi connectivity index (χ2n) is 4.27. The Morgan fingerprint density at radius 3 is 2.40 bits per heavy atom. The Morgan fingerprint density at radius 2 is 1.93 bits per heavy atom. The highest BCUT2D eigenvalue weighted by atomic mass is 16.5. The van der Waals surface area contributed by atoms with E-state index in [2.05, 4.69) is 45.0 Å². The predicted octanol–water partition coefficient (Wildman–Crippen LogP) is 1.73. The number of nitrogens with one attached hydrogen (secondary N) is 1. The maximum atomic E-state index is 5.55. The fraction of sp³-hybridized carbons (Fsp3) is 1.00. The van der Waals surface area contributed by atoms with Crippen LogP contribution in [0.1, 0.15) is 34.1 Å². The summed E-state index contributed by atoms with van der Waals surface area (Å²) in [5, 5.41) is 3.40. The van der Waals surface area contributed by atoms with E-state index in [-0.39, 0.29) is 0 Å². The summed E-state index contributed by atoms with van der Waals surface area (Å²) in [6.07, 6.45) is 1.53. The van der Waals surface area contributed by atoms with Crippen molar-refractivity contribution in [3.63, 3.8) is 0 Å². The minimum absolute atomic E-state index is 0.340. The smallest absolute Gasteiger partial charge is 0.0596 e. The Balaban J connectivity index is 3.67. The quantitative estimate of drug-likeness (QED) is 0.635. The third kappa shape index (κ3) is 7.77. The van der Waals surface area contributed by atoms with E-state index in [4.69, 9.17) is 4.74 Å². The van der Waals surface area contributed by atoms with Crippen LogP contribution >= 0.6 is 0 Å². The summed E-state index contributed by atoms with van der Waals surface area (Å²) in [5.74, 6) is 0. The van der Waals surface area contributed by atoms with Crippen LogP contribution in [0.4, 0.5) is 0 Å². The molecule has 1 atom stereocenters. The Bertz CT molecular complexity index is 140. The monoisotopic (exact) mass is 216 g/mol. The van der Waals surface area contributed by atoms with Gasteiger partial charge in [0.1, 0.15) is 0 Å². The van der Waals surface area contributed by atoms with Gasteiger partial charge in [-0.2, -0.15) is 0 Å². The Labute approximate surface area is 95.2 Å². The molecule has 0 radical (unpaired) electrons. The molecule has 92 valence electrons. The van der Waals surface area contributed by atoms with Crippen molar-refractivity contribution in [3.8, 4) is 0 Å². The number of hydrogen-bond donors (Lipinski definition) is 1. The lowest BCUT2D eigenvalue weighted by Crippen LogP contribution is -2.41. The maximum Gasteiger partial charge on any atom is 0.0596 e. The molecule has 3 nitrogen and oxygen atoms in total. The number of hydrogen-bond acceptors (Lipinski definition) is 3. The van der Waals surface area contributed by atoms with Crippen molar-refractivity contribution in [1.82, 2.24) is 10.2 Å². The molecule has 0 saturated heterocycles. The van der Waals surface area contributed by atoms with Crippen LogP contribution in [-0.4, -0.2) is 50.3 Å². The number of rotatable bonds is 9. The molecule has 0 aromatic heterocycles. The molecule has 0 saturated carbocycles. The molecule has 15 heavy (non-hydrogen) atoms. The zero-order valence-corrected chi connectivity index (χ0v) is 11.0. The van der Waals surface area contributed by atoms with Gasteiger partial charge in [-0.3, -0.25) is 4.90 Å². The van der Waals surface area contributed by atoms with Crippen LogP contribution in [0.5, 0.6) is 0 Å². The minimum atomic E-state index is 0.340. The molecule has 0 fully saturated rings. The molecule has 0 bridgehead atoms. The molecule has 0 aromatic rings. The van der Waals surface area contributed by atoms with Crippen molar-refractivity contribution in [3.05, 3.63) is 0 Å². The molecule has 0 rings (SSSR count). The highest BCUT2D eigenvalue weighted by Gasteiger charge is 2.11. The fourth-order valence-electron chi connectivity index (χ4n) is 1.54. The Morgan fingerprint density at radius 1 is 1.27 bits per heavy atom. The summed E-state index contributed by atoms with van der Waals surface area (Å²) in [7, 11) is 2.18. The van der Waals surface area contributed by atoms with Gasteiger partial charge in [-0.25, -0.2) is 0 Å². The van der Waals surface area contributed by atoms with E-state index in [0.717, 1.165) is 26.2 Å². The first-order valence-electron chi connectivity index (χ1n) is 6.14. The van der Waals surface area contributed by atoms with Crippen molar-refractivity contribution in [2.75, 3.05) is 33.3 Å². The first-order chi connectivity index (χ1) is 7.11. The molecule has 0 aliphatic heterocycles. The minimum Gasteiger partial charge on any atom is -0.377 e. The molecule has 0 amide bonds. The summed E-state index contributed by atoms with van der Waals surface area (Å²) in [6.45, 7) is 12.5. The Hall–Kier alpha value is -0.120. The topological polar surface area (TPSA) is 24.5 Å². The zero-order chi connectivity index (χ0) is 11.7. The number of ether oxygens (including phenoxy) is 1. The van der Waals surface area contributed by atoms with Crippen molar-refractivity contribution in [2.45, 2.75) is 46.3 Å². The SMILES string of the molecule is CCNCC(CC)N(C)CCOC(C)C. The summed E-state index contributed by atoms with van der Waals surface area (Å²) in [6, 6.07) is 0.626. The highest BCUT2D eigenvalue weighted by molar-refractivity contribution is 4.69. The van der Waals surface area contributed by atoms with Crippen LogP contribution in [0.15, 0.2) is 0 Å². The maximum absolute atomic E-state index is 5.55. The van der Waals surface area contributed by atoms with E-state index in [1.165, 1.54) is 6.42 Å². The molecule has 1 unspecified atom stereocenters. The van der Waals surface area contributed by atoms with Crippen LogP contribution in [0, 0.1) is 0 Å². The fourth-order valence-corrected chi connectivity index (χ4v) is 1.54. The molecule has 0 aliphatic carbocycles. The third-order valence-electron chi connectivity index (χ3n) is 2.62. The number of nitrogens with zero attached hydrogens (tertiary/aromatic N) is 1. The zero-order valence-electron chi connectivity index (χ0n) is 11.0. The summed E-state index contributed by atoms with van der Waals surface area (Å²) in [5.41, 5.74) is 0. The van der Waals surface area contributed by atoms with E-state index >= 15 is 0 Å². The van der Waals surface area contributed by atoms with Gasteiger partial charge in [0.25, 0.3) is 0 Å². The van der Waals surface area contributed by atoms with Crippen LogP contribution in [0.25, 0.3) is 0 Å². The molecule has 0 spiro atoms. The standard InChI is InChI=1S/C12H28N2O/c1-6-12(10-13-7-2)14(5)8-9-15-11(3)4/h11-13H,6-10H2,1-5H3. The molecular formula is C12H28N2O. The van der Waals surface area contributed by atoms with Crippen LogP contribution in [0.2, 0.25) is 0 Å². The third-order valence-corrected chi connectivity index (χ3v) is 2.62. The molecule has 3 heteroatoms. The van der Waals surface area contributed by atoms with E-state index < -0.39 is 0 Å². The van der Waals surface area contributed by atoms with E-state index in [9.17, 15) is 0 Å². The highest BCUT2D eigenvalue weighted by Crippen LogP contribution is 2.00.